The van der Waals surface area contributed by atoms with Crippen molar-refractivity contribution in [2.75, 3.05) is 6.61 Å². The molecule has 1 aromatic carbocycles. The number of ether oxygens (including phenoxy) is 1. The van der Waals surface area contributed by atoms with Crippen LogP contribution in [0, 0.1) is 18.3 Å². The van der Waals surface area contributed by atoms with Crippen molar-refractivity contribution in [3.05, 3.63) is 35.9 Å². The lowest BCUT2D eigenvalue weighted by Gasteiger charge is -2.20. The Hall–Kier alpha value is -2.28. The van der Waals surface area contributed by atoms with Gasteiger partial charge in [0.2, 0.25) is 5.91 Å². The molecular formula is C17H19NO3. The first kappa shape index (κ1) is 15.1. The summed E-state index contributed by atoms with van der Waals surface area (Å²) < 4.78 is 5.03. The molecule has 110 valence electrons. The van der Waals surface area contributed by atoms with Crippen LogP contribution in [0.1, 0.15) is 25.3 Å². The van der Waals surface area contributed by atoms with Gasteiger partial charge in [0.1, 0.15) is 6.61 Å². The van der Waals surface area contributed by atoms with Crippen molar-refractivity contribution in [3.63, 3.8) is 0 Å². The lowest BCUT2D eigenvalue weighted by Crippen LogP contribution is -2.40. The monoisotopic (exact) mass is 285 g/mol. The quantitative estimate of drug-likeness (QED) is 0.781. The maximum atomic E-state index is 12.2. The van der Waals surface area contributed by atoms with Crippen LogP contribution in [0.2, 0.25) is 0 Å². The summed E-state index contributed by atoms with van der Waals surface area (Å²) in [7, 11) is 0. The fourth-order valence-corrected chi connectivity index (χ4v) is 2.35. The second-order valence-electron chi connectivity index (χ2n) is 5.29. The third kappa shape index (κ3) is 3.85. The SMILES string of the molecule is C#C[C@@H](C)CCC(=O)N1C(=O)OC[C@H]1Cc1ccccc1. The van der Waals surface area contributed by atoms with Crippen LogP contribution in [0.25, 0.3) is 0 Å². The van der Waals surface area contributed by atoms with Gasteiger partial charge < -0.3 is 4.74 Å². The summed E-state index contributed by atoms with van der Waals surface area (Å²) in [6.07, 6.45) is 6.22. The summed E-state index contributed by atoms with van der Waals surface area (Å²) in [4.78, 5) is 25.3. The van der Waals surface area contributed by atoms with Crippen molar-refractivity contribution in [2.24, 2.45) is 5.92 Å². The zero-order valence-electron chi connectivity index (χ0n) is 12.1. The molecule has 0 aromatic heterocycles. The van der Waals surface area contributed by atoms with Gasteiger partial charge in [0, 0.05) is 12.3 Å². The smallest absolute Gasteiger partial charge is 0.416 e. The van der Waals surface area contributed by atoms with Gasteiger partial charge in [0.15, 0.2) is 0 Å². The number of carbonyl (C=O) groups excluding carboxylic acids is 2. The Morgan fingerprint density at radius 1 is 1.48 bits per heavy atom. The number of rotatable bonds is 5. The number of benzene rings is 1. The lowest BCUT2D eigenvalue weighted by molar-refractivity contribution is -0.129. The number of hydrogen-bond donors (Lipinski definition) is 0. The molecule has 2 atom stereocenters. The van der Waals surface area contributed by atoms with Crippen molar-refractivity contribution in [1.82, 2.24) is 4.90 Å². The minimum Gasteiger partial charge on any atom is -0.447 e. The molecule has 0 bridgehead atoms. The van der Waals surface area contributed by atoms with Gasteiger partial charge in [-0.25, -0.2) is 9.69 Å². The number of cyclic esters (lactones) is 1. The first-order valence-corrected chi connectivity index (χ1v) is 7.10. The second-order valence-corrected chi connectivity index (χ2v) is 5.29. The minimum atomic E-state index is -0.547. The van der Waals surface area contributed by atoms with E-state index in [4.69, 9.17) is 11.2 Å². The summed E-state index contributed by atoms with van der Waals surface area (Å²) >= 11 is 0. The summed E-state index contributed by atoms with van der Waals surface area (Å²) in [5.41, 5.74) is 1.08. The van der Waals surface area contributed by atoms with Gasteiger partial charge in [-0.1, -0.05) is 37.3 Å². The topological polar surface area (TPSA) is 46.6 Å². The molecule has 0 unspecified atom stereocenters. The molecule has 0 N–H and O–H groups in total. The van der Waals surface area contributed by atoms with E-state index in [-0.39, 0.29) is 30.9 Å². The van der Waals surface area contributed by atoms with Crippen LogP contribution in [0.4, 0.5) is 4.79 Å². The number of nitrogens with zero attached hydrogens (tertiary/aromatic N) is 1. The van der Waals surface area contributed by atoms with E-state index in [9.17, 15) is 9.59 Å². The number of amides is 2. The molecule has 1 aromatic rings. The molecule has 0 aliphatic carbocycles. The fraction of sp³-hybridized carbons (Fsp3) is 0.412. The molecule has 4 heteroatoms. The van der Waals surface area contributed by atoms with Crippen molar-refractivity contribution in [3.8, 4) is 12.3 Å². The molecule has 1 saturated heterocycles. The molecule has 0 radical (unpaired) electrons. The molecule has 2 amide bonds. The molecule has 4 nitrogen and oxygen atoms in total. The maximum absolute atomic E-state index is 12.2. The number of hydrogen-bond acceptors (Lipinski definition) is 3. The zero-order chi connectivity index (χ0) is 15.2. The van der Waals surface area contributed by atoms with E-state index in [2.05, 4.69) is 5.92 Å². The van der Waals surface area contributed by atoms with E-state index in [1.54, 1.807) is 0 Å². The van der Waals surface area contributed by atoms with Crippen molar-refractivity contribution in [1.29, 1.82) is 0 Å². The standard InChI is InChI=1S/C17H19NO3/c1-3-13(2)9-10-16(19)18-15(12-21-17(18)20)11-14-7-5-4-6-8-14/h1,4-8,13,15H,9-12H2,2H3/t13-,15-/m1/s1. The van der Waals surface area contributed by atoms with Crippen LogP contribution < -0.4 is 0 Å². The van der Waals surface area contributed by atoms with E-state index in [1.807, 2.05) is 37.3 Å². The molecular weight excluding hydrogens is 266 g/mol. The largest absolute Gasteiger partial charge is 0.447 e. The average Bonchev–Trinajstić information content (AvgIpc) is 2.86. The van der Waals surface area contributed by atoms with Gasteiger partial charge in [-0.3, -0.25) is 4.79 Å². The van der Waals surface area contributed by atoms with Gasteiger partial charge in [-0.05, 0) is 18.4 Å². The first-order chi connectivity index (χ1) is 10.1. The van der Waals surface area contributed by atoms with Gasteiger partial charge in [0.25, 0.3) is 0 Å². The van der Waals surface area contributed by atoms with Crippen LogP contribution >= 0.6 is 0 Å². The molecule has 1 aliphatic rings. The van der Waals surface area contributed by atoms with E-state index in [1.165, 1.54) is 4.90 Å². The molecule has 1 fully saturated rings. The summed E-state index contributed by atoms with van der Waals surface area (Å²) in [6.45, 7) is 2.14. The third-order valence-electron chi connectivity index (χ3n) is 3.62. The average molecular weight is 285 g/mol. The van der Waals surface area contributed by atoms with E-state index >= 15 is 0 Å². The fourth-order valence-electron chi connectivity index (χ4n) is 2.35. The Morgan fingerprint density at radius 2 is 2.19 bits per heavy atom. The molecule has 1 aliphatic heterocycles. The molecule has 2 rings (SSSR count). The van der Waals surface area contributed by atoms with Gasteiger partial charge in [0.05, 0.1) is 6.04 Å². The Balaban J connectivity index is 2.00. The molecule has 0 saturated carbocycles. The summed E-state index contributed by atoms with van der Waals surface area (Å²) in [5.74, 6) is 2.41. The lowest BCUT2D eigenvalue weighted by atomic mass is 10.0. The number of imide groups is 1. The number of terminal acetylenes is 1. The third-order valence-corrected chi connectivity index (χ3v) is 3.62. The highest BCUT2D eigenvalue weighted by Crippen LogP contribution is 2.19. The Labute approximate surface area is 125 Å². The second kappa shape index (κ2) is 6.94. The van der Waals surface area contributed by atoms with Gasteiger partial charge in [-0.15, -0.1) is 12.3 Å². The van der Waals surface area contributed by atoms with E-state index < -0.39 is 6.09 Å². The number of carbonyl (C=O) groups is 2. The normalized spacial score (nSPS) is 19.0. The Kier molecular flexibility index (Phi) is 4.99. The van der Waals surface area contributed by atoms with Crippen LogP contribution in [-0.2, 0) is 16.0 Å². The van der Waals surface area contributed by atoms with Crippen LogP contribution in [0.3, 0.4) is 0 Å². The molecule has 0 spiro atoms. The van der Waals surface area contributed by atoms with Gasteiger partial charge in [-0.2, -0.15) is 0 Å². The van der Waals surface area contributed by atoms with E-state index in [0.717, 1.165) is 5.56 Å². The van der Waals surface area contributed by atoms with Crippen LogP contribution in [-0.4, -0.2) is 29.5 Å². The molecule has 1 heterocycles. The molecule has 21 heavy (non-hydrogen) atoms. The highest BCUT2D eigenvalue weighted by atomic mass is 16.6. The zero-order valence-corrected chi connectivity index (χ0v) is 12.1. The minimum absolute atomic E-state index is 0.0279. The highest BCUT2D eigenvalue weighted by Gasteiger charge is 2.37. The van der Waals surface area contributed by atoms with Crippen LogP contribution in [0.5, 0.6) is 0 Å². The first-order valence-electron chi connectivity index (χ1n) is 7.10. The Bertz CT molecular complexity index is 547. The maximum Gasteiger partial charge on any atom is 0.416 e. The summed E-state index contributed by atoms with van der Waals surface area (Å²) in [5, 5.41) is 0. The van der Waals surface area contributed by atoms with Crippen LogP contribution in [0.15, 0.2) is 30.3 Å². The predicted molar refractivity (Wildman–Crippen MR) is 79.4 cm³/mol. The highest BCUT2D eigenvalue weighted by molar-refractivity contribution is 5.93. The van der Waals surface area contributed by atoms with E-state index in [0.29, 0.717) is 12.8 Å². The summed E-state index contributed by atoms with van der Waals surface area (Å²) in [6, 6.07) is 9.54. The van der Waals surface area contributed by atoms with Crippen molar-refractivity contribution < 1.29 is 14.3 Å². The van der Waals surface area contributed by atoms with Gasteiger partial charge >= 0.3 is 6.09 Å². The predicted octanol–water partition coefficient (Wildman–Crippen LogP) is 2.63. The Morgan fingerprint density at radius 3 is 2.86 bits per heavy atom. The van der Waals surface area contributed by atoms with Crippen molar-refractivity contribution in [2.45, 2.75) is 32.2 Å². The van der Waals surface area contributed by atoms with Crippen molar-refractivity contribution >= 4 is 12.0 Å².